The summed E-state index contributed by atoms with van der Waals surface area (Å²) in [5.74, 6) is 0.323. The van der Waals surface area contributed by atoms with E-state index in [0.29, 0.717) is 25.8 Å². The van der Waals surface area contributed by atoms with Gasteiger partial charge in [0, 0.05) is 25.8 Å². The molecule has 1 aliphatic heterocycles. The summed E-state index contributed by atoms with van der Waals surface area (Å²) in [4.78, 5) is 25.5. The summed E-state index contributed by atoms with van der Waals surface area (Å²) in [6.07, 6.45) is 7.40. The summed E-state index contributed by atoms with van der Waals surface area (Å²) in [6.45, 7) is 23.9. The maximum atomic E-state index is 12.1. The molecule has 0 aliphatic carbocycles. The molecular formula is C21H37NO2. The summed E-state index contributed by atoms with van der Waals surface area (Å²) in [6, 6.07) is -0.166. The molecule has 0 spiro atoms. The van der Waals surface area contributed by atoms with Crippen molar-refractivity contribution in [3.63, 3.8) is 0 Å². The lowest BCUT2D eigenvalue weighted by molar-refractivity contribution is -0.136. The van der Waals surface area contributed by atoms with Gasteiger partial charge in [0.25, 0.3) is 0 Å². The molecule has 0 aromatic heterocycles. The van der Waals surface area contributed by atoms with E-state index in [1.54, 1.807) is 12.2 Å². The number of carbonyl (C=O) groups excluding carboxylic acids is 2. The Morgan fingerprint density at radius 1 is 1.21 bits per heavy atom. The molecule has 0 aromatic carbocycles. The summed E-state index contributed by atoms with van der Waals surface area (Å²) < 4.78 is 0. The summed E-state index contributed by atoms with van der Waals surface area (Å²) in [5.41, 5.74) is 0.891. The minimum Gasteiger partial charge on any atom is -0.335 e. The summed E-state index contributed by atoms with van der Waals surface area (Å²) in [7, 11) is 0. The van der Waals surface area contributed by atoms with Crippen LogP contribution in [-0.2, 0) is 9.59 Å². The maximum Gasteiger partial charge on any atom is 0.223 e. The molecule has 1 fully saturated rings. The molecule has 0 N–H and O–H groups in total. The molecule has 1 unspecified atom stereocenters. The van der Waals surface area contributed by atoms with Gasteiger partial charge in [0.1, 0.15) is 5.78 Å². The average Bonchev–Trinajstić information content (AvgIpc) is 2.64. The second-order valence-corrected chi connectivity index (χ2v) is 4.45. The number of carbonyl (C=O) groups is 2. The van der Waals surface area contributed by atoms with E-state index in [1.807, 2.05) is 45.6 Å². The third kappa shape index (κ3) is 9.98. The molecule has 1 amide bonds. The molecule has 24 heavy (non-hydrogen) atoms. The van der Waals surface area contributed by atoms with E-state index in [9.17, 15) is 9.59 Å². The molecule has 1 saturated heterocycles. The van der Waals surface area contributed by atoms with Crippen molar-refractivity contribution >= 4 is 11.7 Å². The third-order valence-electron chi connectivity index (χ3n) is 3.14. The SMILES string of the molecule is C=C.C=C/C=C(\C=C)C1CC(=O)CCN1C(=O)CCC.CC.CC. The van der Waals surface area contributed by atoms with Gasteiger partial charge < -0.3 is 4.90 Å². The van der Waals surface area contributed by atoms with Gasteiger partial charge >= 0.3 is 0 Å². The zero-order chi connectivity index (χ0) is 19.5. The highest BCUT2D eigenvalue weighted by molar-refractivity contribution is 5.85. The largest absolute Gasteiger partial charge is 0.335 e. The number of amides is 1. The molecule has 138 valence electrons. The Labute approximate surface area is 149 Å². The minimum atomic E-state index is -0.166. The Morgan fingerprint density at radius 3 is 2.17 bits per heavy atom. The van der Waals surface area contributed by atoms with Crippen LogP contribution in [0, 0.1) is 0 Å². The standard InChI is InChI=1S/C15H21NO2.2C2H6.C2H4/c1-4-7-12(6-3)14-11-13(17)9-10-16(14)15(18)8-5-2;3*1-2/h4,6-7,14H,1,3,5,8-11H2,2H3;2*1-2H3;1-2H2/b12-7+;;;. The van der Waals surface area contributed by atoms with Crippen LogP contribution in [0.15, 0.2) is 50.1 Å². The number of ketones is 1. The normalized spacial score (nSPS) is 16.2. The van der Waals surface area contributed by atoms with Gasteiger partial charge in [-0.1, -0.05) is 66.0 Å². The molecule has 0 bridgehead atoms. The fraction of sp³-hybridized carbons (Fsp3) is 0.524. The fourth-order valence-electron chi connectivity index (χ4n) is 2.23. The van der Waals surface area contributed by atoms with Crippen LogP contribution in [-0.4, -0.2) is 29.2 Å². The molecule has 3 nitrogen and oxygen atoms in total. The highest BCUT2D eigenvalue weighted by Gasteiger charge is 2.31. The van der Waals surface area contributed by atoms with Crippen LogP contribution >= 0.6 is 0 Å². The van der Waals surface area contributed by atoms with Crippen LogP contribution in [0.5, 0.6) is 0 Å². The predicted molar refractivity (Wildman–Crippen MR) is 107 cm³/mol. The molecule has 0 aromatic rings. The Kier molecular flexibility index (Phi) is 21.5. The molecule has 1 rings (SSSR count). The van der Waals surface area contributed by atoms with Crippen LogP contribution in [0.1, 0.15) is 60.3 Å². The van der Waals surface area contributed by atoms with Gasteiger partial charge in [0.05, 0.1) is 6.04 Å². The lowest BCUT2D eigenvalue weighted by Crippen LogP contribution is -2.47. The van der Waals surface area contributed by atoms with Crippen molar-refractivity contribution in [2.24, 2.45) is 0 Å². The number of allylic oxidation sites excluding steroid dienone is 2. The van der Waals surface area contributed by atoms with Crippen LogP contribution in [0.4, 0.5) is 0 Å². The maximum absolute atomic E-state index is 12.1. The quantitative estimate of drug-likeness (QED) is 0.491. The predicted octanol–water partition coefficient (Wildman–Crippen LogP) is 5.50. The zero-order valence-electron chi connectivity index (χ0n) is 16.4. The molecule has 0 saturated carbocycles. The summed E-state index contributed by atoms with van der Waals surface area (Å²) in [5, 5.41) is 0. The Bertz CT molecular complexity index is 397. The van der Waals surface area contributed by atoms with E-state index in [4.69, 9.17) is 0 Å². The van der Waals surface area contributed by atoms with Gasteiger partial charge in [-0.2, -0.15) is 0 Å². The smallest absolute Gasteiger partial charge is 0.223 e. The highest BCUT2D eigenvalue weighted by Crippen LogP contribution is 2.23. The van der Waals surface area contributed by atoms with Crippen LogP contribution in [0.3, 0.4) is 0 Å². The van der Waals surface area contributed by atoms with Gasteiger partial charge in [0.15, 0.2) is 0 Å². The van der Waals surface area contributed by atoms with Gasteiger partial charge in [0.2, 0.25) is 5.91 Å². The van der Waals surface area contributed by atoms with Gasteiger partial charge in [-0.15, -0.1) is 13.2 Å². The first-order valence-corrected chi connectivity index (χ1v) is 8.90. The molecule has 3 heteroatoms. The van der Waals surface area contributed by atoms with Crippen LogP contribution in [0.2, 0.25) is 0 Å². The second-order valence-electron chi connectivity index (χ2n) is 4.45. The van der Waals surface area contributed by atoms with Crippen LogP contribution in [0.25, 0.3) is 0 Å². The van der Waals surface area contributed by atoms with Crippen molar-refractivity contribution in [1.82, 2.24) is 4.90 Å². The molecule has 1 heterocycles. The Hall–Kier alpha value is -1.90. The monoisotopic (exact) mass is 335 g/mol. The van der Waals surface area contributed by atoms with E-state index in [1.165, 1.54) is 0 Å². The third-order valence-corrected chi connectivity index (χ3v) is 3.14. The second kappa shape index (κ2) is 19.1. The lowest BCUT2D eigenvalue weighted by Gasteiger charge is -2.36. The van der Waals surface area contributed by atoms with Gasteiger partial charge in [-0.3, -0.25) is 9.59 Å². The van der Waals surface area contributed by atoms with Gasteiger partial charge in [-0.05, 0) is 12.0 Å². The molecule has 0 radical (unpaired) electrons. The average molecular weight is 336 g/mol. The van der Waals surface area contributed by atoms with Crippen molar-refractivity contribution in [2.45, 2.75) is 66.3 Å². The number of likely N-dealkylation sites (tertiary alicyclic amines) is 1. The van der Waals surface area contributed by atoms with Gasteiger partial charge in [-0.25, -0.2) is 0 Å². The van der Waals surface area contributed by atoms with Crippen molar-refractivity contribution in [3.05, 3.63) is 50.1 Å². The molecule has 1 aliphatic rings. The van der Waals surface area contributed by atoms with Crippen molar-refractivity contribution < 1.29 is 9.59 Å². The fourth-order valence-corrected chi connectivity index (χ4v) is 2.23. The number of rotatable bonds is 5. The number of nitrogens with zero attached hydrogens (tertiary/aromatic N) is 1. The van der Waals surface area contributed by atoms with E-state index in [2.05, 4.69) is 26.3 Å². The number of piperidine rings is 1. The van der Waals surface area contributed by atoms with E-state index in [0.717, 1.165) is 12.0 Å². The number of hydrogen-bond acceptors (Lipinski definition) is 2. The first-order chi connectivity index (χ1) is 11.6. The zero-order valence-corrected chi connectivity index (χ0v) is 16.4. The minimum absolute atomic E-state index is 0.117. The molecule has 1 atom stereocenters. The molecular weight excluding hydrogens is 298 g/mol. The first kappa shape index (κ1) is 27.0. The Balaban J connectivity index is -0.000000659. The summed E-state index contributed by atoms with van der Waals surface area (Å²) >= 11 is 0. The lowest BCUT2D eigenvalue weighted by atomic mass is 9.93. The van der Waals surface area contributed by atoms with Crippen LogP contribution < -0.4 is 0 Å². The van der Waals surface area contributed by atoms with Crippen molar-refractivity contribution in [3.8, 4) is 0 Å². The Morgan fingerprint density at radius 2 is 1.75 bits per heavy atom. The van der Waals surface area contributed by atoms with E-state index >= 15 is 0 Å². The van der Waals surface area contributed by atoms with E-state index < -0.39 is 0 Å². The topological polar surface area (TPSA) is 37.4 Å². The van der Waals surface area contributed by atoms with Crippen molar-refractivity contribution in [2.75, 3.05) is 6.54 Å². The highest BCUT2D eigenvalue weighted by atomic mass is 16.2. The number of Topliss-reactive ketones (excluding diaryl/α,β-unsaturated/α-hetero) is 1. The van der Waals surface area contributed by atoms with E-state index in [-0.39, 0.29) is 17.7 Å². The number of hydrogen-bond donors (Lipinski definition) is 0. The van der Waals surface area contributed by atoms with Crippen molar-refractivity contribution in [1.29, 1.82) is 0 Å². The first-order valence-electron chi connectivity index (χ1n) is 8.90.